The Balaban J connectivity index is 0. The van der Waals surface area contributed by atoms with Crippen molar-refractivity contribution in [2.45, 2.75) is 102 Å². The maximum absolute atomic E-state index is 13.7. The molecule has 0 unspecified atom stereocenters. The summed E-state index contributed by atoms with van der Waals surface area (Å²) in [5, 5.41) is 8.63. The Labute approximate surface area is 189 Å². The molecule has 3 nitrogen and oxygen atoms in total. The molecule has 0 spiro atoms. The topological polar surface area (TPSA) is 53.2 Å². The molecule has 0 aliphatic rings. The highest BCUT2D eigenvalue weighted by Gasteiger charge is 2.15. The summed E-state index contributed by atoms with van der Waals surface area (Å²) in [6.45, 7) is 22.1. The molecule has 0 saturated carbocycles. The minimum Gasteiger partial charge on any atom is -0.300 e. The summed E-state index contributed by atoms with van der Waals surface area (Å²) in [6.07, 6.45) is 3.02. The van der Waals surface area contributed by atoms with Gasteiger partial charge in [0.25, 0.3) is 0 Å². The highest BCUT2D eigenvalue weighted by molar-refractivity contribution is 5.85. The van der Waals surface area contributed by atoms with Crippen LogP contribution in [0.15, 0.2) is 11.1 Å². The Morgan fingerprint density at radius 2 is 1.58 bits per heavy atom. The summed E-state index contributed by atoms with van der Waals surface area (Å²) in [4.78, 5) is 14.9. The van der Waals surface area contributed by atoms with Gasteiger partial charge >= 0.3 is 0 Å². The molecule has 0 fully saturated rings. The molecule has 1 aromatic rings. The Morgan fingerprint density at radius 3 is 1.90 bits per heavy atom. The number of benzene rings is 1. The van der Waals surface area contributed by atoms with Gasteiger partial charge < -0.3 is 0 Å². The van der Waals surface area contributed by atoms with Crippen LogP contribution in [0, 0.1) is 40.7 Å². The van der Waals surface area contributed by atoms with E-state index in [0.717, 1.165) is 24.6 Å². The molecule has 0 aliphatic carbocycles. The highest BCUT2D eigenvalue weighted by Crippen LogP contribution is 2.28. The Kier molecular flexibility index (Phi) is 14.1. The lowest BCUT2D eigenvalue weighted by Crippen LogP contribution is -2.11. The minimum absolute atomic E-state index is 0.00699. The number of ketones is 1. The Morgan fingerprint density at radius 1 is 1.10 bits per heavy atom. The number of carbonyl (C=O) groups is 1. The highest BCUT2D eigenvalue weighted by atomic mass is 19.1. The lowest BCUT2D eigenvalue weighted by Gasteiger charge is -2.15. The minimum atomic E-state index is -0.697. The number of nitrogens with zero attached hydrogens (tertiary/aromatic N) is 2. The third-order valence-electron chi connectivity index (χ3n) is 3.57. The van der Waals surface area contributed by atoms with Crippen LogP contribution in [-0.4, -0.2) is 11.5 Å². The zero-order valence-corrected chi connectivity index (χ0v) is 21.5. The van der Waals surface area contributed by atoms with Gasteiger partial charge in [-0.3, -0.25) is 9.79 Å². The molecular weight excluding hydrogens is 394 g/mol. The number of halogens is 2. The SMILES string of the molecule is CC(C)(C)C.CCC(=O)CC(C)(C)C.CCCC(C)=Nc1c(F)cc(C#N)c(F)c1C. The average Bonchev–Trinajstić information content (AvgIpc) is 2.59. The molecule has 0 amide bonds. The van der Waals surface area contributed by atoms with E-state index in [0.29, 0.717) is 24.0 Å². The maximum Gasteiger partial charge on any atom is 0.150 e. The summed E-state index contributed by atoms with van der Waals surface area (Å²) < 4.78 is 27.3. The van der Waals surface area contributed by atoms with Crippen molar-refractivity contribution in [1.82, 2.24) is 0 Å². The summed E-state index contributed by atoms with van der Waals surface area (Å²) in [5.74, 6) is -0.990. The molecule has 1 rings (SSSR count). The molecule has 0 aliphatic heterocycles. The summed E-state index contributed by atoms with van der Waals surface area (Å²) in [7, 11) is 0. The van der Waals surface area contributed by atoms with Crippen LogP contribution < -0.4 is 0 Å². The van der Waals surface area contributed by atoms with Crippen LogP contribution >= 0.6 is 0 Å². The van der Waals surface area contributed by atoms with Gasteiger partial charge in [-0.1, -0.05) is 68.7 Å². The summed E-state index contributed by atoms with van der Waals surface area (Å²) in [5.41, 5.74) is 1.21. The van der Waals surface area contributed by atoms with Crippen LogP contribution in [0.1, 0.15) is 106 Å². The smallest absolute Gasteiger partial charge is 0.150 e. The predicted octanol–water partition coefficient (Wildman–Crippen LogP) is 8.49. The number of carbonyl (C=O) groups excluding carboxylic acids is 1. The predicted molar refractivity (Wildman–Crippen MR) is 128 cm³/mol. The van der Waals surface area contributed by atoms with Crippen LogP contribution in [0.4, 0.5) is 14.5 Å². The number of hydrogen-bond acceptors (Lipinski definition) is 3. The molecule has 31 heavy (non-hydrogen) atoms. The van der Waals surface area contributed by atoms with Crippen LogP contribution in [0.5, 0.6) is 0 Å². The third kappa shape index (κ3) is 16.3. The van der Waals surface area contributed by atoms with E-state index in [4.69, 9.17) is 5.26 Å². The van der Waals surface area contributed by atoms with Crippen molar-refractivity contribution >= 4 is 17.2 Å². The van der Waals surface area contributed by atoms with Crippen molar-refractivity contribution in [3.8, 4) is 6.07 Å². The fourth-order valence-electron chi connectivity index (χ4n) is 2.29. The fraction of sp³-hybridized carbons (Fsp3) is 0.654. The standard InChI is InChI=1S/C13H14F2N2.C8H16O.C5H12/c1-4-5-8(2)17-13-9(3)12(15)10(7-16)6-11(13)14;1-5-7(9)6-8(2,3)4;1-5(2,3)4/h6H,4-5H2,1-3H3;5-6H2,1-4H3;1-4H3. The molecule has 5 heteroatoms. The van der Waals surface area contributed by atoms with Crippen LogP contribution in [-0.2, 0) is 4.79 Å². The number of nitriles is 1. The van der Waals surface area contributed by atoms with E-state index in [-0.39, 0.29) is 22.2 Å². The van der Waals surface area contributed by atoms with Crippen LogP contribution in [0.3, 0.4) is 0 Å². The van der Waals surface area contributed by atoms with Gasteiger partial charge in [0.1, 0.15) is 23.4 Å². The van der Waals surface area contributed by atoms with Crippen molar-refractivity contribution in [3.63, 3.8) is 0 Å². The van der Waals surface area contributed by atoms with Crippen LogP contribution in [0.25, 0.3) is 0 Å². The number of hydrogen-bond donors (Lipinski definition) is 0. The molecule has 0 saturated heterocycles. The number of aliphatic imine (C=N–C) groups is 1. The van der Waals surface area contributed by atoms with Crippen molar-refractivity contribution in [2.24, 2.45) is 15.8 Å². The van der Waals surface area contributed by atoms with Gasteiger partial charge in [-0.15, -0.1) is 0 Å². The van der Waals surface area contributed by atoms with Gasteiger partial charge in [-0.25, -0.2) is 8.78 Å². The quantitative estimate of drug-likeness (QED) is 0.434. The van der Waals surface area contributed by atoms with E-state index in [1.807, 2.05) is 13.8 Å². The first-order valence-electron chi connectivity index (χ1n) is 10.9. The molecular formula is C26H42F2N2O. The van der Waals surface area contributed by atoms with Crippen molar-refractivity contribution in [3.05, 3.63) is 28.8 Å². The molecule has 1 aromatic carbocycles. The van der Waals surface area contributed by atoms with Gasteiger partial charge in [0.2, 0.25) is 0 Å². The van der Waals surface area contributed by atoms with E-state index < -0.39 is 11.6 Å². The van der Waals surface area contributed by atoms with E-state index in [9.17, 15) is 13.6 Å². The Hall–Kier alpha value is -2.09. The fourth-order valence-corrected chi connectivity index (χ4v) is 2.29. The van der Waals surface area contributed by atoms with E-state index in [1.54, 1.807) is 13.0 Å². The lowest BCUT2D eigenvalue weighted by atomic mass is 9.89. The molecule has 176 valence electrons. The van der Waals surface area contributed by atoms with Crippen molar-refractivity contribution < 1.29 is 13.6 Å². The van der Waals surface area contributed by atoms with Crippen LogP contribution in [0.2, 0.25) is 0 Å². The van der Waals surface area contributed by atoms with E-state index >= 15 is 0 Å². The van der Waals surface area contributed by atoms with E-state index in [2.05, 4.69) is 53.5 Å². The second-order valence-electron chi connectivity index (χ2n) is 10.5. The maximum atomic E-state index is 13.7. The zero-order chi connectivity index (χ0) is 25.0. The van der Waals surface area contributed by atoms with Crippen molar-refractivity contribution in [2.75, 3.05) is 0 Å². The van der Waals surface area contributed by atoms with Gasteiger partial charge in [0.15, 0.2) is 5.82 Å². The van der Waals surface area contributed by atoms with Gasteiger partial charge in [0, 0.05) is 24.1 Å². The van der Waals surface area contributed by atoms with Gasteiger partial charge in [0.05, 0.1) is 5.56 Å². The molecule has 0 bridgehead atoms. The molecule has 0 heterocycles. The molecule has 0 N–H and O–H groups in total. The first kappa shape index (κ1) is 31.1. The zero-order valence-electron chi connectivity index (χ0n) is 21.5. The summed E-state index contributed by atoms with van der Waals surface area (Å²) in [6, 6.07) is 2.51. The third-order valence-corrected chi connectivity index (χ3v) is 3.57. The average molecular weight is 437 g/mol. The molecule has 0 radical (unpaired) electrons. The summed E-state index contributed by atoms with van der Waals surface area (Å²) >= 11 is 0. The number of rotatable bonds is 5. The van der Waals surface area contributed by atoms with E-state index in [1.165, 1.54) is 6.92 Å². The second kappa shape index (κ2) is 14.1. The first-order chi connectivity index (χ1) is 14.0. The second-order valence-corrected chi connectivity index (χ2v) is 10.5. The van der Waals surface area contributed by atoms with Crippen molar-refractivity contribution in [1.29, 1.82) is 5.26 Å². The Bertz CT molecular complexity index is 771. The largest absolute Gasteiger partial charge is 0.300 e. The monoisotopic (exact) mass is 436 g/mol. The molecule has 0 aromatic heterocycles. The molecule has 0 atom stereocenters. The van der Waals surface area contributed by atoms with Gasteiger partial charge in [-0.05, 0) is 37.2 Å². The first-order valence-corrected chi connectivity index (χ1v) is 10.9. The lowest BCUT2D eigenvalue weighted by molar-refractivity contribution is -0.120. The van der Waals surface area contributed by atoms with Gasteiger partial charge in [-0.2, -0.15) is 5.26 Å². The number of Topliss-reactive ketones (excluding diaryl/α,β-unsaturated/α-hetero) is 1. The normalized spacial score (nSPS) is 11.5.